The molecule has 1 aliphatic heterocycles. The Kier molecular flexibility index (Phi) is 4.65. The Hall–Kier alpha value is -0.580. The van der Waals surface area contributed by atoms with Gasteiger partial charge < -0.3 is 4.90 Å². The molecule has 100 valence electrons. The average Bonchev–Trinajstić information content (AvgIpc) is 2.79. The molecule has 1 aliphatic rings. The zero-order valence-corrected chi connectivity index (χ0v) is 11.9. The lowest BCUT2D eigenvalue weighted by molar-refractivity contribution is 0.343. The molecule has 1 aromatic rings. The van der Waals surface area contributed by atoms with Gasteiger partial charge in [0.15, 0.2) is 0 Å². The minimum absolute atomic E-state index is 0.0963. The molecule has 1 heterocycles. The van der Waals surface area contributed by atoms with Crippen molar-refractivity contribution in [3.8, 4) is 0 Å². The van der Waals surface area contributed by atoms with Crippen molar-refractivity contribution in [2.24, 2.45) is 0 Å². The van der Waals surface area contributed by atoms with Crippen LogP contribution in [0, 0.1) is 0 Å². The first-order valence-electron chi connectivity index (χ1n) is 6.25. The molecule has 0 aromatic heterocycles. The van der Waals surface area contributed by atoms with Crippen molar-refractivity contribution in [3.63, 3.8) is 0 Å². The quantitative estimate of drug-likeness (QED) is 0.781. The summed E-state index contributed by atoms with van der Waals surface area (Å²) in [4.78, 5) is 2.47. The maximum atomic E-state index is 10.9. The van der Waals surface area contributed by atoms with Crippen LogP contribution in [0.1, 0.15) is 24.0 Å². The van der Waals surface area contributed by atoms with E-state index in [1.54, 1.807) is 0 Å². The third-order valence-corrected chi connectivity index (χ3v) is 4.28. The number of rotatable bonds is 5. The van der Waals surface area contributed by atoms with Crippen LogP contribution < -0.4 is 0 Å². The number of likely N-dealkylation sites (tertiary alicyclic amines) is 1. The molecule has 0 radical (unpaired) electrons. The summed E-state index contributed by atoms with van der Waals surface area (Å²) in [5.41, 5.74) is 1.99. The predicted molar refractivity (Wildman–Crippen MR) is 74.3 cm³/mol. The number of benzene rings is 1. The number of hydrogen-bond acceptors (Lipinski definition) is 3. The van der Waals surface area contributed by atoms with Crippen LogP contribution in [-0.2, 0) is 21.2 Å². The first kappa shape index (κ1) is 13.8. The monoisotopic (exact) mass is 287 g/mol. The normalized spacial score (nSPS) is 17.2. The van der Waals surface area contributed by atoms with Crippen LogP contribution in [0.5, 0.6) is 0 Å². The molecule has 0 unspecified atom stereocenters. The maximum absolute atomic E-state index is 10.9. The molecule has 0 bridgehead atoms. The van der Waals surface area contributed by atoms with Gasteiger partial charge in [0.25, 0.3) is 0 Å². The van der Waals surface area contributed by atoms with Crippen molar-refractivity contribution in [3.05, 3.63) is 35.4 Å². The summed E-state index contributed by atoms with van der Waals surface area (Å²) >= 11 is 0. The van der Waals surface area contributed by atoms with Gasteiger partial charge in [-0.1, -0.05) is 24.3 Å². The summed E-state index contributed by atoms with van der Waals surface area (Å²) in [5, 5.41) is 0. The Morgan fingerprint density at radius 3 is 2.17 bits per heavy atom. The highest BCUT2D eigenvalue weighted by molar-refractivity contribution is 8.13. The van der Waals surface area contributed by atoms with E-state index in [4.69, 9.17) is 10.7 Å². The number of halogens is 1. The van der Waals surface area contributed by atoms with Crippen LogP contribution in [0.2, 0.25) is 0 Å². The van der Waals surface area contributed by atoms with Crippen molar-refractivity contribution >= 4 is 19.7 Å². The molecule has 0 saturated carbocycles. The van der Waals surface area contributed by atoms with Crippen molar-refractivity contribution in [2.45, 2.75) is 25.0 Å². The lowest BCUT2D eigenvalue weighted by atomic mass is 10.1. The largest absolute Gasteiger partial charge is 0.303 e. The van der Waals surface area contributed by atoms with Gasteiger partial charge in [-0.25, -0.2) is 8.42 Å². The third-order valence-electron chi connectivity index (χ3n) is 3.28. The van der Waals surface area contributed by atoms with Crippen LogP contribution in [-0.4, -0.2) is 33.0 Å². The van der Waals surface area contributed by atoms with E-state index < -0.39 is 9.05 Å². The molecule has 1 fully saturated rings. The third kappa shape index (κ3) is 4.59. The smallest absolute Gasteiger partial charge is 0.236 e. The Balaban J connectivity index is 1.87. The highest BCUT2D eigenvalue weighted by Gasteiger charge is 2.11. The molecule has 0 amide bonds. The summed E-state index contributed by atoms with van der Waals surface area (Å²) in [7, 11) is 1.77. The first-order chi connectivity index (χ1) is 8.53. The fourth-order valence-corrected chi connectivity index (χ4v) is 3.26. The van der Waals surface area contributed by atoms with E-state index in [9.17, 15) is 8.42 Å². The van der Waals surface area contributed by atoms with Crippen molar-refractivity contribution in [1.82, 2.24) is 4.90 Å². The summed E-state index contributed by atoms with van der Waals surface area (Å²) < 4.78 is 21.9. The molecule has 0 atom stereocenters. The van der Waals surface area contributed by atoms with Crippen LogP contribution in [0.3, 0.4) is 0 Å². The Bertz CT molecular complexity index is 478. The van der Waals surface area contributed by atoms with Gasteiger partial charge in [0.05, 0.1) is 5.75 Å². The van der Waals surface area contributed by atoms with Gasteiger partial charge in [0, 0.05) is 17.2 Å². The van der Waals surface area contributed by atoms with Crippen molar-refractivity contribution in [2.75, 3.05) is 19.6 Å². The average molecular weight is 288 g/mol. The SMILES string of the molecule is O=S(=O)(Cl)Cc1ccc(CCN2CCCC2)cc1. The summed E-state index contributed by atoms with van der Waals surface area (Å²) in [6, 6.07) is 7.68. The summed E-state index contributed by atoms with van der Waals surface area (Å²) in [6.07, 6.45) is 3.65. The Morgan fingerprint density at radius 2 is 1.61 bits per heavy atom. The van der Waals surface area contributed by atoms with Crippen molar-refractivity contribution < 1.29 is 8.42 Å². The second-order valence-electron chi connectivity index (χ2n) is 4.80. The fraction of sp³-hybridized carbons (Fsp3) is 0.538. The molecule has 1 aromatic carbocycles. The van der Waals surface area contributed by atoms with E-state index in [-0.39, 0.29) is 5.75 Å². The highest BCUT2D eigenvalue weighted by atomic mass is 35.7. The molecule has 3 nitrogen and oxygen atoms in total. The van der Waals surface area contributed by atoms with E-state index in [1.165, 1.54) is 31.5 Å². The summed E-state index contributed by atoms with van der Waals surface area (Å²) in [6.45, 7) is 3.51. The summed E-state index contributed by atoms with van der Waals surface area (Å²) in [5.74, 6) is -0.0963. The van der Waals surface area contributed by atoms with E-state index in [2.05, 4.69) is 4.90 Å². The van der Waals surface area contributed by atoms with E-state index >= 15 is 0 Å². The van der Waals surface area contributed by atoms with Gasteiger partial charge in [-0.05, 0) is 43.5 Å². The van der Waals surface area contributed by atoms with Crippen LogP contribution in [0.4, 0.5) is 0 Å². The van der Waals surface area contributed by atoms with Gasteiger partial charge >= 0.3 is 0 Å². The minimum Gasteiger partial charge on any atom is -0.303 e. The molecule has 1 saturated heterocycles. The topological polar surface area (TPSA) is 37.4 Å². The van der Waals surface area contributed by atoms with Gasteiger partial charge in [0.2, 0.25) is 9.05 Å². The molecule has 0 N–H and O–H groups in total. The molecule has 0 spiro atoms. The van der Waals surface area contributed by atoms with Gasteiger partial charge in [-0.15, -0.1) is 0 Å². The lowest BCUT2D eigenvalue weighted by Crippen LogP contribution is -2.21. The molecule has 18 heavy (non-hydrogen) atoms. The molecular formula is C13H18ClNO2S. The fourth-order valence-electron chi connectivity index (χ4n) is 2.29. The number of nitrogens with zero attached hydrogens (tertiary/aromatic N) is 1. The standard InChI is InChI=1S/C13H18ClNO2S/c14-18(16,17)11-13-5-3-12(4-6-13)7-10-15-8-1-2-9-15/h3-6H,1-2,7-11H2. The first-order valence-corrected chi connectivity index (χ1v) is 8.73. The van der Waals surface area contributed by atoms with Crippen molar-refractivity contribution in [1.29, 1.82) is 0 Å². The molecule has 0 aliphatic carbocycles. The lowest BCUT2D eigenvalue weighted by Gasteiger charge is -2.14. The van der Waals surface area contributed by atoms with E-state index in [0.717, 1.165) is 18.5 Å². The molecule has 5 heteroatoms. The number of hydrogen-bond donors (Lipinski definition) is 0. The Labute approximate surface area is 113 Å². The van der Waals surface area contributed by atoms with E-state index in [1.807, 2.05) is 24.3 Å². The van der Waals surface area contributed by atoms with Crippen LogP contribution >= 0.6 is 10.7 Å². The Morgan fingerprint density at radius 1 is 1.06 bits per heavy atom. The molecular weight excluding hydrogens is 270 g/mol. The van der Waals surface area contributed by atoms with Gasteiger partial charge in [-0.2, -0.15) is 0 Å². The van der Waals surface area contributed by atoms with Crippen LogP contribution in [0.15, 0.2) is 24.3 Å². The maximum Gasteiger partial charge on any atom is 0.236 e. The van der Waals surface area contributed by atoms with Gasteiger partial charge in [-0.3, -0.25) is 0 Å². The minimum atomic E-state index is -3.45. The molecule has 2 rings (SSSR count). The second-order valence-corrected chi connectivity index (χ2v) is 7.58. The zero-order chi connectivity index (χ0) is 13.0. The second kappa shape index (κ2) is 6.04. The van der Waals surface area contributed by atoms with E-state index in [0.29, 0.717) is 0 Å². The zero-order valence-electron chi connectivity index (χ0n) is 10.3. The predicted octanol–water partition coefficient (Wildman–Crippen LogP) is 2.39. The van der Waals surface area contributed by atoms with Crippen LogP contribution in [0.25, 0.3) is 0 Å². The highest BCUT2D eigenvalue weighted by Crippen LogP contribution is 2.13. The van der Waals surface area contributed by atoms with Gasteiger partial charge in [0.1, 0.15) is 0 Å².